The second-order valence-electron chi connectivity index (χ2n) is 6.11. The molecule has 0 spiro atoms. The van der Waals surface area contributed by atoms with Crippen LogP contribution in [0.4, 0.5) is 5.69 Å². The van der Waals surface area contributed by atoms with Crippen molar-refractivity contribution in [3.8, 4) is 0 Å². The van der Waals surface area contributed by atoms with Crippen LogP contribution in [0.1, 0.15) is 6.42 Å². The van der Waals surface area contributed by atoms with Crippen LogP contribution in [0.25, 0.3) is 0 Å². The van der Waals surface area contributed by atoms with Gasteiger partial charge in [-0.25, -0.2) is 13.1 Å². The zero-order chi connectivity index (χ0) is 18.6. The van der Waals surface area contributed by atoms with Gasteiger partial charge in [-0.2, -0.15) is 0 Å². The number of sulfonamides is 1. The average Bonchev–Trinajstić information content (AvgIpc) is 3.07. The van der Waals surface area contributed by atoms with Crippen molar-refractivity contribution >= 4 is 50.2 Å². The molecule has 5 nitrogen and oxygen atoms in total. The van der Waals surface area contributed by atoms with E-state index in [9.17, 15) is 8.42 Å². The number of nitrogens with one attached hydrogen (secondary N) is 1. The van der Waals surface area contributed by atoms with Gasteiger partial charge in [-0.1, -0.05) is 23.2 Å². The van der Waals surface area contributed by atoms with Gasteiger partial charge in [0.1, 0.15) is 4.21 Å². The molecule has 1 aromatic carbocycles. The number of rotatable bonds is 7. The quantitative estimate of drug-likeness (QED) is 0.678. The zero-order valence-corrected chi connectivity index (χ0v) is 17.3. The fourth-order valence-electron chi connectivity index (χ4n) is 2.90. The van der Waals surface area contributed by atoms with Gasteiger partial charge in [0.15, 0.2) is 0 Å². The van der Waals surface area contributed by atoms with Crippen molar-refractivity contribution in [3.63, 3.8) is 0 Å². The SMILES string of the molecule is O=S(=O)(NCCCN1CCN(c2ccc(Cl)cc2)CC1)c1ccc(Cl)s1. The summed E-state index contributed by atoms with van der Waals surface area (Å²) in [6.45, 7) is 5.16. The summed E-state index contributed by atoms with van der Waals surface area (Å²) in [4.78, 5) is 4.71. The summed E-state index contributed by atoms with van der Waals surface area (Å²) in [6, 6.07) is 11.0. The molecule has 0 unspecified atom stereocenters. The number of piperazine rings is 1. The molecule has 0 atom stereocenters. The Hall–Kier alpha value is -0.830. The monoisotopic (exact) mass is 433 g/mol. The number of thiophene rings is 1. The fraction of sp³-hybridized carbons (Fsp3) is 0.412. The van der Waals surface area contributed by atoms with E-state index in [2.05, 4.69) is 14.5 Å². The van der Waals surface area contributed by atoms with Crippen molar-refractivity contribution in [3.05, 3.63) is 45.8 Å². The topological polar surface area (TPSA) is 52.7 Å². The molecule has 0 aliphatic carbocycles. The summed E-state index contributed by atoms with van der Waals surface area (Å²) < 4.78 is 27.6. The van der Waals surface area contributed by atoms with Crippen molar-refractivity contribution < 1.29 is 8.42 Å². The highest BCUT2D eigenvalue weighted by molar-refractivity contribution is 7.91. The summed E-state index contributed by atoms with van der Waals surface area (Å²) in [5.74, 6) is 0. The second kappa shape index (κ2) is 8.91. The predicted octanol–water partition coefficient (Wildman–Crippen LogP) is 3.55. The summed E-state index contributed by atoms with van der Waals surface area (Å²) >= 11 is 12.8. The molecule has 2 aromatic rings. The third-order valence-corrected chi connectivity index (χ3v) is 7.76. The molecule has 0 amide bonds. The Labute approximate surface area is 168 Å². The lowest BCUT2D eigenvalue weighted by Crippen LogP contribution is -2.47. The zero-order valence-electron chi connectivity index (χ0n) is 14.2. The van der Waals surface area contributed by atoms with Gasteiger partial charge in [-0.3, -0.25) is 4.90 Å². The molecule has 1 aromatic heterocycles. The molecule has 142 valence electrons. The maximum absolute atomic E-state index is 12.1. The maximum Gasteiger partial charge on any atom is 0.250 e. The first-order valence-electron chi connectivity index (χ1n) is 8.42. The first kappa shape index (κ1) is 19.9. The van der Waals surface area contributed by atoms with E-state index in [1.54, 1.807) is 6.07 Å². The Morgan fingerprint density at radius 1 is 1.00 bits per heavy atom. The second-order valence-corrected chi connectivity index (χ2v) is 10.3. The lowest BCUT2D eigenvalue weighted by Gasteiger charge is -2.36. The van der Waals surface area contributed by atoms with Crippen LogP contribution in [0, 0.1) is 0 Å². The van der Waals surface area contributed by atoms with E-state index in [4.69, 9.17) is 23.2 Å². The molecule has 1 aliphatic rings. The van der Waals surface area contributed by atoms with E-state index in [-0.39, 0.29) is 4.21 Å². The molecule has 3 rings (SSSR count). The molecule has 2 heterocycles. The molecule has 0 bridgehead atoms. The van der Waals surface area contributed by atoms with Gasteiger partial charge in [0.25, 0.3) is 0 Å². The van der Waals surface area contributed by atoms with Crippen molar-refractivity contribution in [2.24, 2.45) is 0 Å². The van der Waals surface area contributed by atoms with Crippen LogP contribution >= 0.6 is 34.5 Å². The number of halogens is 2. The van der Waals surface area contributed by atoms with Gasteiger partial charge in [0.05, 0.1) is 4.34 Å². The van der Waals surface area contributed by atoms with Gasteiger partial charge in [0.2, 0.25) is 10.0 Å². The van der Waals surface area contributed by atoms with E-state index in [0.29, 0.717) is 10.9 Å². The largest absolute Gasteiger partial charge is 0.369 e. The highest BCUT2D eigenvalue weighted by atomic mass is 35.5. The number of anilines is 1. The van der Waals surface area contributed by atoms with E-state index >= 15 is 0 Å². The van der Waals surface area contributed by atoms with Gasteiger partial charge in [0, 0.05) is 43.4 Å². The summed E-state index contributed by atoms with van der Waals surface area (Å²) in [7, 11) is -3.44. The Bertz CT molecular complexity index is 817. The number of hydrogen-bond donors (Lipinski definition) is 1. The van der Waals surface area contributed by atoms with Gasteiger partial charge in [-0.05, 0) is 49.4 Å². The van der Waals surface area contributed by atoms with Gasteiger partial charge in [-0.15, -0.1) is 11.3 Å². The van der Waals surface area contributed by atoms with Crippen molar-refractivity contribution in [1.29, 1.82) is 0 Å². The normalized spacial score (nSPS) is 16.2. The molecule has 1 N–H and O–H groups in total. The number of nitrogens with zero attached hydrogens (tertiary/aromatic N) is 2. The molecular formula is C17H21Cl2N3O2S2. The van der Waals surface area contributed by atoms with Crippen LogP contribution in [-0.4, -0.2) is 52.6 Å². The minimum Gasteiger partial charge on any atom is -0.369 e. The molecular weight excluding hydrogens is 413 g/mol. The Kier molecular flexibility index (Phi) is 6.82. The average molecular weight is 434 g/mol. The summed E-state index contributed by atoms with van der Waals surface area (Å²) in [5.41, 5.74) is 1.19. The van der Waals surface area contributed by atoms with E-state index < -0.39 is 10.0 Å². The standard InChI is InChI=1S/C17H21Cl2N3O2S2/c18-14-2-4-15(5-3-14)22-12-10-21(11-13-22)9-1-8-20-26(23,24)17-7-6-16(19)25-17/h2-7,20H,1,8-13H2. The van der Waals surface area contributed by atoms with Crippen molar-refractivity contribution in [2.75, 3.05) is 44.2 Å². The Morgan fingerprint density at radius 2 is 1.69 bits per heavy atom. The minimum atomic E-state index is -3.44. The third-order valence-electron chi connectivity index (χ3n) is 4.32. The number of hydrogen-bond acceptors (Lipinski definition) is 5. The van der Waals surface area contributed by atoms with Crippen LogP contribution in [0.2, 0.25) is 9.36 Å². The molecule has 26 heavy (non-hydrogen) atoms. The van der Waals surface area contributed by atoms with Gasteiger partial charge < -0.3 is 4.90 Å². The van der Waals surface area contributed by atoms with Crippen molar-refractivity contribution in [1.82, 2.24) is 9.62 Å². The highest BCUT2D eigenvalue weighted by Gasteiger charge is 2.18. The molecule has 1 saturated heterocycles. The van der Waals surface area contributed by atoms with Gasteiger partial charge >= 0.3 is 0 Å². The summed E-state index contributed by atoms with van der Waals surface area (Å²) in [6.07, 6.45) is 0.777. The molecule has 0 saturated carbocycles. The van der Waals surface area contributed by atoms with Crippen LogP contribution in [0.15, 0.2) is 40.6 Å². The van der Waals surface area contributed by atoms with Crippen LogP contribution in [0.5, 0.6) is 0 Å². The number of benzene rings is 1. The first-order chi connectivity index (χ1) is 12.4. The van der Waals surface area contributed by atoms with Crippen LogP contribution in [-0.2, 0) is 10.0 Å². The smallest absolute Gasteiger partial charge is 0.250 e. The highest BCUT2D eigenvalue weighted by Crippen LogP contribution is 2.25. The minimum absolute atomic E-state index is 0.263. The van der Waals surface area contributed by atoms with Crippen LogP contribution in [0.3, 0.4) is 0 Å². The van der Waals surface area contributed by atoms with E-state index in [0.717, 1.165) is 55.5 Å². The lowest BCUT2D eigenvalue weighted by atomic mass is 10.2. The first-order valence-corrected chi connectivity index (χ1v) is 11.5. The molecule has 1 fully saturated rings. The summed E-state index contributed by atoms with van der Waals surface area (Å²) in [5, 5.41) is 0.750. The van der Waals surface area contributed by atoms with E-state index in [1.807, 2.05) is 24.3 Å². The predicted molar refractivity (Wildman–Crippen MR) is 109 cm³/mol. The van der Waals surface area contributed by atoms with Crippen molar-refractivity contribution in [2.45, 2.75) is 10.6 Å². The Morgan fingerprint density at radius 3 is 2.31 bits per heavy atom. The van der Waals surface area contributed by atoms with E-state index in [1.165, 1.54) is 11.8 Å². The maximum atomic E-state index is 12.1. The third kappa shape index (κ3) is 5.34. The Balaban J connectivity index is 1.38. The lowest BCUT2D eigenvalue weighted by molar-refractivity contribution is 0.255. The molecule has 9 heteroatoms. The molecule has 1 aliphatic heterocycles. The van der Waals surface area contributed by atoms with Crippen LogP contribution < -0.4 is 9.62 Å². The molecule has 0 radical (unpaired) electrons. The fourth-order valence-corrected chi connectivity index (χ4v) is 5.63.